The summed E-state index contributed by atoms with van der Waals surface area (Å²) in [4.78, 5) is 69.5. The number of amides is 4. The standard InChI is InChI=1S/C17H29N5O8S/c1-8(2)30-14(25)6-21-16(27)10(7-31-11(15(20)26)5-12(19)23)22-13(24)4-3-9(18)17(28)29/h8-11H,3-7,18H2,1-2H3,(H2,19,23)(H2,20,26)(H,21,27)(H,22,24)(H,28,29). The molecular formula is C17H29N5O8S. The number of carboxylic acid groups (broad SMARTS) is 1. The molecule has 0 saturated carbocycles. The lowest BCUT2D eigenvalue weighted by Crippen LogP contribution is -2.50. The second-order valence-corrected chi connectivity index (χ2v) is 7.99. The maximum Gasteiger partial charge on any atom is 0.325 e. The number of rotatable bonds is 15. The number of esters is 1. The summed E-state index contributed by atoms with van der Waals surface area (Å²) in [5, 5.41) is 12.4. The van der Waals surface area contributed by atoms with Crippen LogP contribution in [0.4, 0.5) is 0 Å². The summed E-state index contributed by atoms with van der Waals surface area (Å²) < 4.78 is 4.89. The van der Waals surface area contributed by atoms with Gasteiger partial charge in [0.15, 0.2) is 0 Å². The van der Waals surface area contributed by atoms with Gasteiger partial charge in [0.2, 0.25) is 23.6 Å². The zero-order valence-corrected chi connectivity index (χ0v) is 18.1. The Bertz CT molecular complexity index is 687. The van der Waals surface area contributed by atoms with E-state index in [1.165, 1.54) is 0 Å². The second-order valence-electron chi connectivity index (χ2n) is 6.75. The summed E-state index contributed by atoms with van der Waals surface area (Å²) in [6, 6.07) is -2.48. The van der Waals surface area contributed by atoms with E-state index in [9.17, 15) is 28.8 Å². The molecule has 4 amide bonds. The van der Waals surface area contributed by atoms with Crippen LogP contribution in [-0.4, -0.2) is 76.4 Å². The molecule has 0 saturated heterocycles. The van der Waals surface area contributed by atoms with E-state index in [1.807, 2.05) is 0 Å². The molecule has 0 rings (SSSR count). The topological polar surface area (TPSA) is 234 Å². The Hall–Kier alpha value is -2.87. The number of thioether (sulfide) groups is 1. The van der Waals surface area contributed by atoms with Crippen molar-refractivity contribution in [2.75, 3.05) is 12.3 Å². The Balaban J connectivity index is 5.08. The van der Waals surface area contributed by atoms with Crippen molar-refractivity contribution in [1.29, 1.82) is 0 Å². The van der Waals surface area contributed by atoms with Gasteiger partial charge in [-0.2, -0.15) is 0 Å². The molecule has 0 spiro atoms. The van der Waals surface area contributed by atoms with Crippen molar-refractivity contribution >= 4 is 47.3 Å². The summed E-state index contributed by atoms with van der Waals surface area (Å²) in [7, 11) is 0. The molecule has 0 aliphatic carbocycles. The lowest BCUT2D eigenvalue weighted by atomic mass is 10.1. The molecule has 0 heterocycles. The highest BCUT2D eigenvalue weighted by molar-refractivity contribution is 8.00. The number of hydrogen-bond donors (Lipinski definition) is 6. The van der Waals surface area contributed by atoms with Gasteiger partial charge in [-0.25, -0.2) is 0 Å². The van der Waals surface area contributed by atoms with Crippen molar-refractivity contribution in [3.05, 3.63) is 0 Å². The van der Waals surface area contributed by atoms with Crippen molar-refractivity contribution in [2.45, 2.75) is 56.5 Å². The molecule has 0 aliphatic heterocycles. The highest BCUT2D eigenvalue weighted by atomic mass is 32.2. The minimum Gasteiger partial charge on any atom is -0.480 e. The molecule has 0 aromatic carbocycles. The largest absolute Gasteiger partial charge is 0.480 e. The Kier molecular flexibility index (Phi) is 12.9. The quantitative estimate of drug-likeness (QED) is 0.136. The van der Waals surface area contributed by atoms with E-state index in [-0.39, 0.29) is 31.1 Å². The predicted molar refractivity (Wildman–Crippen MR) is 110 cm³/mol. The zero-order chi connectivity index (χ0) is 24.1. The van der Waals surface area contributed by atoms with E-state index in [1.54, 1.807) is 13.8 Å². The molecule has 0 bridgehead atoms. The SMILES string of the molecule is CC(C)OC(=O)CNC(=O)C(CSC(CC(N)=O)C(N)=O)NC(=O)CCC(N)C(=O)O. The number of aliphatic carboxylic acids is 1. The van der Waals surface area contributed by atoms with E-state index >= 15 is 0 Å². The summed E-state index contributed by atoms with van der Waals surface area (Å²) in [5.74, 6) is -5.20. The molecule has 0 aromatic heterocycles. The van der Waals surface area contributed by atoms with Crippen molar-refractivity contribution < 1.29 is 38.6 Å². The zero-order valence-electron chi connectivity index (χ0n) is 17.3. The maximum atomic E-state index is 12.4. The normalized spacial score (nSPS) is 13.5. The third-order valence-corrected chi connectivity index (χ3v) is 4.92. The molecular weight excluding hydrogens is 434 g/mol. The van der Waals surface area contributed by atoms with Crippen molar-refractivity contribution in [2.24, 2.45) is 17.2 Å². The van der Waals surface area contributed by atoms with Crippen LogP contribution in [0, 0.1) is 0 Å². The second kappa shape index (κ2) is 14.2. The van der Waals surface area contributed by atoms with Crippen LogP contribution >= 0.6 is 11.8 Å². The van der Waals surface area contributed by atoms with Crippen molar-refractivity contribution in [1.82, 2.24) is 10.6 Å². The van der Waals surface area contributed by atoms with Gasteiger partial charge >= 0.3 is 11.9 Å². The lowest BCUT2D eigenvalue weighted by Gasteiger charge is -2.20. The predicted octanol–water partition coefficient (Wildman–Crippen LogP) is -2.81. The molecule has 31 heavy (non-hydrogen) atoms. The summed E-state index contributed by atoms with van der Waals surface area (Å²) in [6.45, 7) is 2.80. The third kappa shape index (κ3) is 13.1. The Morgan fingerprint density at radius 1 is 1.10 bits per heavy atom. The van der Waals surface area contributed by atoms with Crippen LogP contribution in [-0.2, 0) is 33.5 Å². The first-order chi connectivity index (χ1) is 14.3. The molecule has 0 aromatic rings. The smallest absolute Gasteiger partial charge is 0.325 e. The average molecular weight is 464 g/mol. The van der Waals surface area contributed by atoms with E-state index in [0.717, 1.165) is 11.8 Å². The highest BCUT2D eigenvalue weighted by Crippen LogP contribution is 2.16. The van der Waals surface area contributed by atoms with Gasteiger partial charge in [0, 0.05) is 18.6 Å². The van der Waals surface area contributed by atoms with Gasteiger partial charge in [-0.15, -0.1) is 11.8 Å². The van der Waals surface area contributed by atoms with Gasteiger partial charge < -0.3 is 37.7 Å². The molecule has 0 aliphatic rings. The number of primary amides is 2. The first-order valence-corrected chi connectivity index (χ1v) is 10.3. The summed E-state index contributed by atoms with van der Waals surface area (Å²) >= 11 is 0.825. The van der Waals surface area contributed by atoms with Gasteiger partial charge in [-0.05, 0) is 20.3 Å². The van der Waals surface area contributed by atoms with Gasteiger partial charge in [0.1, 0.15) is 18.6 Å². The van der Waals surface area contributed by atoms with Crippen LogP contribution in [0.25, 0.3) is 0 Å². The van der Waals surface area contributed by atoms with Crippen LogP contribution < -0.4 is 27.8 Å². The highest BCUT2D eigenvalue weighted by Gasteiger charge is 2.26. The first-order valence-electron chi connectivity index (χ1n) is 9.27. The van der Waals surface area contributed by atoms with E-state index in [4.69, 9.17) is 27.0 Å². The minimum atomic E-state index is -1.28. The molecule has 13 nitrogen and oxygen atoms in total. The number of hydrogen-bond acceptors (Lipinski definition) is 9. The molecule has 3 unspecified atom stereocenters. The number of carboxylic acids is 1. The summed E-state index contributed by atoms with van der Waals surface area (Å²) in [5.41, 5.74) is 15.6. The fourth-order valence-electron chi connectivity index (χ4n) is 2.08. The monoisotopic (exact) mass is 463 g/mol. The Labute approximate surface area is 183 Å². The number of ether oxygens (including phenoxy) is 1. The number of nitrogens with one attached hydrogen (secondary N) is 2. The van der Waals surface area contributed by atoms with Gasteiger partial charge in [-0.1, -0.05) is 0 Å². The number of carbonyl (C=O) groups is 6. The van der Waals surface area contributed by atoms with E-state index < -0.39 is 59.4 Å². The summed E-state index contributed by atoms with van der Waals surface area (Å²) in [6.07, 6.45) is -1.21. The van der Waals surface area contributed by atoms with E-state index in [2.05, 4.69) is 10.6 Å². The van der Waals surface area contributed by atoms with Gasteiger partial charge in [-0.3, -0.25) is 28.8 Å². The lowest BCUT2D eigenvalue weighted by molar-refractivity contribution is -0.147. The van der Waals surface area contributed by atoms with Gasteiger partial charge in [0.05, 0.1) is 11.4 Å². The molecule has 9 N–H and O–H groups in total. The molecule has 3 atom stereocenters. The van der Waals surface area contributed by atoms with Gasteiger partial charge in [0.25, 0.3) is 0 Å². The third-order valence-electron chi connectivity index (χ3n) is 3.59. The van der Waals surface area contributed by atoms with Crippen LogP contribution in [0.2, 0.25) is 0 Å². The minimum absolute atomic E-state index is 0.172. The van der Waals surface area contributed by atoms with Crippen molar-refractivity contribution in [3.63, 3.8) is 0 Å². The van der Waals surface area contributed by atoms with Crippen LogP contribution in [0.5, 0.6) is 0 Å². The van der Waals surface area contributed by atoms with E-state index in [0.29, 0.717) is 0 Å². The molecule has 176 valence electrons. The number of carbonyl (C=O) groups excluding carboxylic acids is 5. The van der Waals surface area contributed by atoms with Crippen molar-refractivity contribution in [3.8, 4) is 0 Å². The Morgan fingerprint density at radius 3 is 2.19 bits per heavy atom. The van der Waals surface area contributed by atoms with Crippen LogP contribution in [0.3, 0.4) is 0 Å². The first kappa shape index (κ1) is 28.1. The average Bonchev–Trinajstić information content (AvgIpc) is 2.64. The molecule has 0 fully saturated rings. The molecule has 0 radical (unpaired) electrons. The van der Waals surface area contributed by atoms with Crippen LogP contribution in [0.15, 0.2) is 0 Å². The number of nitrogens with two attached hydrogens (primary N) is 3. The fourth-order valence-corrected chi connectivity index (χ4v) is 3.19. The molecule has 14 heteroatoms. The Morgan fingerprint density at radius 2 is 1.71 bits per heavy atom. The van der Waals surface area contributed by atoms with Crippen LogP contribution in [0.1, 0.15) is 33.1 Å². The maximum absolute atomic E-state index is 12.4. The fraction of sp³-hybridized carbons (Fsp3) is 0.647.